The molecular formula is C23H37NO2. The van der Waals surface area contributed by atoms with Crippen LogP contribution in [0.3, 0.4) is 0 Å². The minimum atomic E-state index is -0.0455. The zero-order chi connectivity index (χ0) is 17.7. The monoisotopic (exact) mass is 359 g/mol. The number of hydrogen-bond acceptors (Lipinski definition) is 3. The summed E-state index contributed by atoms with van der Waals surface area (Å²) in [6.45, 7) is 7.70. The van der Waals surface area contributed by atoms with Crippen LogP contribution in [0, 0.1) is 34.5 Å². The van der Waals surface area contributed by atoms with Gasteiger partial charge in [-0.15, -0.1) is 0 Å². The van der Waals surface area contributed by atoms with E-state index in [0.717, 1.165) is 30.1 Å². The molecular weight excluding hydrogens is 322 g/mol. The first kappa shape index (κ1) is 16.8. The minimum Gasteiger partial charge on any atom is -0.393 e. The zero-order valence-corrected chi connectivity index (χ0v) is 16.7. The molecule has 3 heteroatoms. The van der Waals surface area contributed by atoms with E-state index in [1.165, 1.54) is 64.5 Å². The van der Waals surface area contributed by atoms with Gasteiger partial charge in [0.05, 0.1) is 12.2 Å². The van der Waals surface area contributed by atoms with E-state index in [9.17, 15) is 5.11 Å². The van der Waals surface area contributed by atoms with E-state index in [-0.39, 0.29) is 11.5 Å². The van der Waals surface area contributed by atoms with E-state index < -0.39 is 0 Å². The predicted octanol–water partition coefficient (Wildman–Crippen LogP) is 3.84. The molecule has 26 heavy (non-hydrogen) atoms. The van der Waals surface area contributed by atoms with Crippen LogP contribution in [0.25, 0.3) is 0 Å². The van der Waals surface area contributed by atoms with Gasteiger partial charge in [-0.1, -0.05) is 13.8 Å². The zero-order valence-electron chi connectivity index (χ0n) is 16.7. The van der Waals surface area contributed by atoms with Crippen LogP contribution in [-0.2, 0) is 4.74 Å². The normalized spacial score (nSPS) is 61.5. The molecule has 0 bridgehead atoms. The highest BCUT2D eigenvalue weighted by atomic mass is 16.6. The number of nitrogens with zero attached hydrogens (tertiary/aromatic N) is 1. The molecule has 2 aliphatic heterocycles. The van der Waals surface area contributed by atoms with Gasteiger partial charge < -0.3 is 9.84 Å². The van der Waals surface area contributed by atoms with Crippen molar-refractivity contribution in [2.24, 2.45) is 34.5 Å². The van der Waals surface area contributed by atoms with Gasteiger partial charge in [0.2, 0.25) is 0 Å². The van der Waals surface area contributed by atoms with E-state index in [0.29, 0.717) is 23.7 Å². The Morgan fingerprint density at radius 2 is 1.77 bits per heavy atom. The van der Waals surface area contributed by atoms with Gasteiger partial charge >= 0.3 is 0 Å². The van der Waals surface area contributed by atoms with E-state index in [2.05, 4.69) is 18.7 Å². The van der Waals surface area contributed by atoms with Crippen LogP contribution >= 0.6 is 0 Å². The lowest BCUT2D eigenvalue weighted by atomic mass is 9.44. The molecule has 0 radical (unpaired) electrons. The van der Waals surface area contributed by atoms with Crippen molar-refractivity contribution in [1.29, 1.82) is 0 Å². The molecule has 0 aromatic heterocycles. The highest BCUT2D eigenvalue weighted by Crippen LogP contribution is 2.68. The molecule has 0 aromatic rings. The van der Waals surface area contributed by atoms with Crippen molar-refractivity contribution in [3.63, 3.8) is 0 Å². The topological polar surface area (TPSA) is 36.0 Å². The summed E-state index contributed by atoms with van der Waals surface area (Å²) in [6.07, 6.45) is 12.9. The van der Waals surface area contributed by atoms with Crippen LogP contribution in [0.2, 0.25) is 0 Å². The first-order valence-corrected chi connectivity index (χ1v) is 11.6. The molecule has 6 aliphatic rings. The maximum atomic E-state index is 10.7. The molecule has 6 fully saturated rings. The summed E-state index contributed by atoms with van der Waals surface area (Å²) < 4.78 is 6.28. The molecule has 5 unspecified atom stereocenters. The maximum Gasteiger partial charge on any atom is 0.100 e. The minimum absolute atomic E-state index is 0.0455. The first-order valence-electron chi connectivity index (χ1n) is 11.6. The summed E-state index contributed by atoms with van der Waals surface area (Å²) in [6, 6.07) is 0.678. The van der Waals surface area contributed by atoms with Crippen LogP contribution in [0.1, 0.15) is 71.6 Å². The van der Waals surface area contributed by atoms with Crippen molar-refractivity contribution in [2.45, 2.75) is 96.0 Å². The number of aliphatic hydroxyl groups is 1. The van der Waals surface area contributed by atoms with E-state index in [4.69, 9.17) is 4.74 Å². The van der Waals surface area contributed by atoms with E-state index in [1.807, 2.05) is 0 Å². The predicted molar refractivity (Wildman–Crippen MR) is 102 cm³/mol. The number of epoxide rings is 1. The molecule has 4 saturated carbocycles. The Kier molecular flexibility index (Phi) is 3.54. The van der Waals surface area contributed by atoms with Crippen LogP contribution in [-0.4, -0.2) is 47.4 Å². The second-order valence-corrected chi connectivity index (χ2v) is 11.2. The first-order chi connectivity index (χ1) is 12.5. The standard InChI is InChI=1S/C23H37NO2/c1-22-10-9-17-15(16(22)7-8-19(22)25)6-5-14-13-18-20(26-18)21(23(14,17)2)24-11-3-4-12-24/h14-21,25H,3-13H2,1-2H3/t14?,15-,16-,17+,18?,19?,20?,21?,22-,23-/m0/s1. The third-order valence-corrected chi connectivity index (χ3v) is 10.5. The van der Waals surface area contributed by atoms with E-state index >= 15 is 0 Å². The lowest BCUT2D eigenvalue weighted by molar-refractivity contribution is -0.145. The van der Waals surface area contributed by atoms with Gasteiger partial charge in [-0.25, -0.2) is 0 Å². The second kappa shape index (κ2) is 5.48. The number of fused-ring (bicyclic) bond motifs is 6. The number of hydrogen-bond donors (Lipinski definition) is 1. The summed E-state index contributed by atoms with van der Waals surface area (Å²) >= 11 is 0. The smallest absolute Gasteiger partial charge is 0.100 e. The Morgan fingerprint density at radius 1 is 0.962 bits per heavy atom. The summed E-state index contributed by atoms with van der Waals surface area (Å²) in [5.74, 6) is 3.35. The molecule has 2 heterocycles. The molecule has 1 N–H and O–H groups in total. The highest BCUT2D eigenvalue weighted by molar-refractivity contribution is 5.18. The molecule has 3 nitrogen and oxygen atoms in total. The third kappa shape index (κ3) is 2.01. The number of likely N-dealkylation sites (tertiary alicyclic amines) is 1. The molecule has 0 amide bonds. The average molecular weight is 360 g/mol. The second-order valence-electron chi connectivity index (χ2n) is 11.2. The number of ether oxygens (including phenoxy) is 1. The third-order valence-electron chi connectivity index (χ3n) is 10.5. The van der Waals surface area contributed by atoms with Crippen molar-refractivity contribution in [1.82, 2.24) is 4.90 Å². The quantitative estimate of drug-likeness (QED) is 0.723. The van der Waals surface area contributed by atoms with Crippen LogP contribution in [0.15, 0.2) is 0 Å². The van der Waals surface area contributed by atoms with Crippen molar-refractivity contribution in [3.8, 4) is 0 Å². The fraction of sp³-hybridized carbons (Fsp3) is 1.00. The summed E-state index contributed by atoms with van der Waals surface area (Å²) in [5, 5.41) is 10.7. The van der Waals surface area contributed by atoms with Gasteiger partial charge in [0, 0.05) is 6.04 Å². The lowest BCUT2D eigenvalue weighted by Gasteiger charge is -2.63. The Morgan fingerprint density at radius 3 is 2.58 bits per heavy atom. The summed E-state index contributed by atoms with van der Waals surface area (Å²) in [5.41, 5.74) is 0.653. The van der Waals surface area contributed by atoms with Crippen molar-refractivity contribution >= 4 is 0 Å². The van der Waals surface area contributed by atoms with Crippen molar-refractivity contribution in [2.75, 3.05) is 13.1 Å². The van der Waals surface area contributed by atoms with Gasteiger partial charge in [0.25, 0.3) is 0 Å². The molecule has 2 saturated heterocycles. The fourth-order valence-corrected chi connectivity index (χ4v) is 9.15. The Labute approximate surface area is 158 Å². The van der Waals surface area contributed by atoms with Gasteiger partial charge in [0.1, 0.15) is 6.10 Å². The van der Waals surface area contributed by atoms with Gasteiger partial charge in [-0.3, -0.25) is 4.90 Å². The van der Waals surface area contributed by atoms with Crippen LogP contribution in [0.4, 0.5) is 0 Å². The Hall–Kier alpha value is -0.120. The number of aliphatic hydroxyl groups excluding tert-OH is 1. The Bertz CT molecular complexity index is 589. The van der Waals surface area contributed by atoms with E-state index in [1.54, 1.807) is 0 Å². The van der Waals surface area contributed by atoms with Gasteiger partial charge in [0.15, 0.2) is 0 Å². The summed E-state index contributed by atoms with van der Waals surface area (Å²) in [7, 11) is 0. The highest BCUT2D eigenvalue weighted by Gasteiger charge is 2.68. The largest absolute Gasteiger partial charge is 0.393 e. The maximum absolute atomic E-state index is 10.7. The fourth-order valence-electron chi connectivity index (χ4n) is 9.15. The summed E-state index contributed by atoms with van der Waals surface area (Å²) in [4.78, 5) is 2.84. The molecule has 0 aromatic carbocycles. The van der Waals surface area contributed by atoms with Crippen LogP contribution in [0.5, 0.6) is 0 Å². The molecule has 10 atom stereocenters. The average Bonchev–Trinajstić information content (AvgIpc) is 3.03. The van der Waals surface area contributed by atoms with Gasteiger partial charge in [-0.05, 0) is 105 Å². The van der Waals surface area contributed by atoms with Gasteiger partial charge in [-0.2, -0.15) is 0 Å². The van der Waals surface area contributed by atoms with Crippen molar-refractivity contribution < 1.29 is 9.84 Å². The van der Waals surface area contributed by atoms with Crippen LogP contribution < -0.4 is 0 Å². The Balaban J connectivity index is 1.37. The molecule has 146 valence electrons. The van der Waals surface area contributed by atoms with Crippen molar-refractivity contribution in [3.05, 3.63) is 0 Å². The number of rotatable bonds is 1. The lowest BCUT2D eigenvalue weighted by Crippen LogP contribution is -2.63. The molecule has 4 aliphatic carbocycles. The molecule has 6 rings (SSSR count). The SMILES string of the molecule is C[C@]12C(CC[C@@H]3[C@H]1CC[C@]1(C)C(O)CC[C@@H]31)CC1OC1C2N1CCCC1. The molecule has 0 spiro atoms.